The van der Waals surface area contributed by atoms with Crippen molar-refractivity contribution in [1.82, 2.24) is 5.43 Å². The minimum atomic E-state index is -3.99. The average Bonchev–Trinajstić information content (AvgIpc) is 2.59. The quantitative estimate of drug-likeness (QED) is 0.234. The van der Waals surface area contributed by atoms with Gasteiger partial charge < -0.3 is 0 Å². The number of amidine groups is 1. The molecule has 0 radical (unpaired) electrons. The number of rotatable bonds is 6. The van der Waals surface area contributed by atoms with Gasteiger partial charge in [0, 0.05) is 13.5 Å². The Labute approximate surface area is 176 Å². The van der Waals surface area contributed by atoms with Gasteiger partial charge in [0.1, 0.15) is 5.84 Å². The Hall–Kier alpha value is -1.58. The highest BCUT2D eigenvalue weighted by atomic mass is 35.5. The predicted molar refractivity (Wildman–Crippen MR) is 109 cm³/mol. The fraction of sp³-hybridized carbons (Fsp3) is 0.133. The van der Waals surface area contributed by atoms with E-state index in [2.05, 4.69) is 20.5 Å². The molecule has 2 aromatic carbocycles. The lowest BCUT2D eigenvalue weighted by atomic mass is 10.1. The maximum absolute atomic E-state index is 12.7. The number of benzene rings is 2. The van der Waals surface area contributed by atoms with Gasteiger partial charge in [-0.3, -0.25) is 15.6 Å². The van der Waals surface area contributed by atoms with Crippen molar-refractivity contribution >= 4 is 68.0 Å². The highest BCUT2D eigenvalue weighted by molar-refractivity contribution is 7.92. The van der Waals surface area contributed by atoms with E-state index >= 15 is 0 Å². The summed E-state index contributed by atoms with van der Waals surface area (Å²) in [5.41, 5.74) is 2.97. The number of hydrogen-bond donors (Lipinski definition) is 3. The first-order chi connectivity index (χ1) is 12.6. The van der Waals surface area contributed by atoms with E-state index in [1.54, 1.807) is 0 Å². The van der Waals surface area contributed by atoms with Crippen LogP contribution >= 0.6 is 46.4 Å². The van der Waals surface area contributed by atoms with E-state index in [1.165, 1.54) is 37.4 Å². The zero-order valence-electron chi connectivity index (χ0n) is 13.7. The summed E-state index contributed by atoms with van der Waals surface area (Å²) in [6, 6.07) is 6.74. The Balaban J connectivity index is 2.41. The molecule has 0 fully saturated rings. The summed E-state index contributed by atoms with van der Waals surface area (Å²) in [7, 11) is -2.45. The summed E-state index contributed by atoms with van der Waals surface area (Å²) in [5.74, 6) is -0.113. The lowest BCUT2D eigenvalue weighted by molar-refractivity contribution is 0.601. The first kappa shape index (κ1) is 21.7. The first-order valence-electron chi connectivity index (χ1n) is 7.24. The number of sulfonamides is 1. The molecular weight excluding hydrogens is 456 g/mol. The molecule has 27 heavy (non-hydrogen) atoms. The molecule has 0 saturated carbocycles. The topological polar surface area (TPSA) is 107 Å². The molecule has 0 aliphatic heterocycles. The lowest BCUT2D eigenvalue weighted by Crippen LogP contribution is -2.15. The van der Waals surface area contributed by atoms with Crippen LogP contribution in [-0.2, 0) is 16.4 Å². The molecule has 0 bridgehead atoms. The molecule has 2 rings (SSSR count). The highest BCUT2D eigenvalue weighted by Gasteiger charge is 2.19. The van der Waals surface area contributed by atoms with Crippen LogP contribution in [0.4, 0.5) is 5.69 Å². The Kier molecular flexibility index (Phi) is 7.30. The smallest absolute Gasteiger partial charge is 0.261 e. The van der Waals surface area contributed by atoms with E-state index < -0.39 is 10.0 Å². The second kappa shape index (κ2) is 9.07. The van der Waals surface area contributed by atoms with Crippen LogP contribution in [0.1, 0.15) is 5.56 Å². The lowest BCUT2D eigenvalue weighted by Gasteiger charge is -2.14. The Morgan fingerprint density at radius 2 is 1.67 bits per heavy atom. The molecule has 2 aromatic rings. The van der Waals surface area contributed by atoms with Gasteiger partial charge in [-0.25, -0.2) is 8.42 Å². The number of nitrogens with zero attached hydrogens (tertiary/aromatic N) is 2. The third-order valence-electron chi connectivity index (χ3n) is 3.22. The molecule has 0 aliphatic rings. The van der Waals surface area contributed by atoms with Gasteiger partial charge in [0.2, 0.25) is 0 Å². The van der Waals surface area contributed by atoms with Crippen molar-refractivity contribution in [2.24, 2.45) is 10.3 Å². The molecule has 12 heteroatoms. The second-order valence-corrected chi connectivity index (χ2v) is 8.46. The van der Waals surface area contributed by atoms with Crippen molar-refractivity contribution in [3.8, 4) is 0 Å². The van der Waals surface area contributed by atoms with Crippen LogP contribution in [0.5, 0.6) is 0 Å². The maximum Gasteiger partial charge on any atom is 0.261 e. The Morgan fingerprint density at radius 3 is 2.30 bits per heavy atom. The van der Waals surface area contributed by atoms with Crippen LogP contribution in [0.2, 0.25) is 20.1 Å². The van der Waals surface area contributed by atoms with Crippen molar-refractivity contribution in [3.63, 3.8) is 0 Å². The van der Waals surface area contributed by atoms with Gasteiger partial charge in [-0.05, 0) is 35.9 Å². The molecule has 0 aromatic heterocycles. The molecular formula is C15H13Cl4N5O2S. The maximum atomic E-state index is 12.7. The molecule has 7 nitrogen and oxygen atoms in total. The van der Waals surface area contributed by atoms with Crippen molar-refractivity contribution in [2.75, 3.05) is 11.8 Å². The molecule has 144 valence electrons. The highest BCUT2D eigenvalue weighted by Crippen LogP contribution is 2.32. The molecule has 0 heterocycles. The predicted octanol–water partition coefficient (Wildman–Crippen LogP) is 5.21. The van der Waals surface area contributed by atoms with E-state index in [-0.39, 0.29) is 42.9 Å². The van der Waals surface area contributed by atoms with Crippen LogP contribution in [-0.4, -0.2) is 21.3 Å². The minimum absolute atomic E-state index is 0.0265. The van der Waals surface area contributed by atoms with E-state index in [0.29, 0.717) is 5.56 Å². The van der Waals surface area contributed by atoms with Crippen LogP contribution in [0.15, 0.2) is 45.6 Å². The number of hydrogen-bond acceptors (Lipinski definition) is 4. The van der Waals surface area contributed by atoms with Crippen LogP contribution in [0.3, 0.4) is 0 Å². The molecule has 0 saturated heterocycles. The Bertz CT molecular complexity index is 1010. The average molecular weight is 469 g/mol. The van der Waals surface area contributed by atoms with E-state index in [0.717, 1.165) is 0 Å². The molecule has 0 spiro atoms. The van der Waals surface area contributed by atoms with Gasteiger partial charge >= 0.3 is 0 Å². The van der Waals surface area contributed by atoms with Crippen molar-refractivity contribution in [3.05, 3.63) is 56.0 Å². The fourth-order valence-corrected chi connectivity index (χ4v) is 3.83. The molecule has 3 N–H and O–H groups in total. The van der Waals surface area contributed by atoms with Crippen molar-refractivity contribution in [1.29, 1.82) is 5.41 Å². The largest absolute Gasteiger partial charge is 0.294 e. The third-order valence-corrected chi connectivity index (χ3v) is 6.04. The standard InChI is InChI=1S/C15H13Cl4N5O2S/c1-21-24-22-15(20)5-8-4-11(17)13(19)7-14(8)23-27(25,26)9-2-3-10(16)12(18)6-9/h2-4,6-7,23H,5H2,1H3,(H2,20,21,22). The van der Waals surface area contributed by atoms with Gasteiger partial charge in [-0.2, -0.15) is 0 Å². The fourth-order valence-electron chi connectivity index (χ4n) is 2.00. The van der Waals surface area contributed by atoms with Crippen molar-refractivity contribution in [2.45, 2.75) is 11.3 Å². The van der Waals surface area contributed by atoms with Crippen LogP contribution < -0.4 is 10.1 Å². The molecule has 0 atom stereocenters. The van der Waals surface area contributed by atoms with Crippen molar-refractivity contribution < 1.29 is 8.42 Å². The summed E-state index contributed by atoms with van der Waals surface area (Å²) in [6.45, 7) is 0. The third kappa shape index (κ3) is 5.70. The summed E-state index contributed by atoms with van der Waals surface area (Å²) in [5, 5.41) is 15.6. The normalized spacial score (nSPS) is 11.6. The second-order valence-electron chi connectivity index (χ2n) is 5.15. The monoisotopic (exact) mass is 467 g/mol. The number of anilines is 1. The molecule has 0 unspecified atom stereocenters. The zero-order valence-corrected chi connectivity index (χ0v) is 17.6. The van der Waals surface area contributed by atoms with E-state index in [4.69, 9.17) is 51.8 Å². The Morgan fingerprint density at radius 1 is 1.04 bits per heavy atom. The van der Waals surface area contributed by atoms with E-state index in [9.17, 15) is 8.42 Å². The van der Waals surface area contributed by atoms with E-state index in [1.807, 2.05) is 0 Å². The van der Waals surface area contributed by atoms with Crippen LogP contribution in [0, 0.1) is 5.41 Å². The molecule has 0 amide bonds. The van der Waals surface area contributed by atoms with Gasteiger partial charge in [0.05, 0.1) is 30.7 Å². The van der Waals surface area contributed by atoms with Crippen LogP contribution in [0.25, 0.3) is 0 Å². The number of nitrogens with one attached hydrogen (secondary N) is 3. The summed E-state index contributed by atoms with van der Waals surface area (Å²) in [4.78, 5) is -0.0844. The zero-order chi connectivity index (χ0) is 20.2. The van der Waals surface area contributed by atoms with Gasteiger partial charge in [-0.1, -0.05) is 51.6 Å². The SMILES string of the molecule is CN/N=N\C(=N)Cc1cc(Cl)c(Cl)cc1NS(=O)(=O)c1ccc(Cl)c(Cl)c1. The minimum Gasteiger partial charge on any atom is -0.294 e. The summed E-state index contributed by atoms with van der Waals surface area (Å²) >= 11 is 23.8. The van der Waals surface area contributed by atoms with Gasteiger partial charge in [0.15, 0.2) is 0 Å². The number of halogens is 4. The first-order valence-corrected chi connectivity index (χ1v) is 10.2. The van der Waals surface area contributed by atoms with Gasteiger partial charge in [-0.15, -0.1) is 5.11 Å². The van der Waals surface area contributed by atoms with Gasteiger partial charge in [0.25, 0.3) is 10.0 Å². The summed E-state index contributed by atoms with van der Waals surface area (Å²) < 4.78 is 27.8. The molecule has 0 aliphatic carbocycles. The summed E-state index contributed by atoms with van der Waals surface area (Å²) in [6.07, 6.45) is -0.0265.